The highest BCUT2D eigenvalue weighted by Crippen LogP contribution is 2.45. The summed E-state index contributed by atoms with van der Waals surface area (Å²) in [5.41, 5.74) is 1.49. The lowest BCUT2D eigenvalue weighted by Gasteiger charge is -2.45. The van der Waals surface area contributed by atoms with Crippen molar-refractivity contribution in [1.29, 1.82) is 0 Å². The van der Waals surface area contributed by atoms with E-state index in [2.05, 4.69) is 39.3 Å². The number of rotatable bonds is 2. The second-order valence-electron chi connectivity index (χ2n) is 7.30. The van der Waals surface area contributed by atoms with Gasteiger partial charge in [-0.05, 0) is 68.4 Å². The Morgan fingerprint density at radius 3 is 2.58 bits per heavy atom. The lowest BCUT2D eigenvalue weighted by atomic mass is 9.67. The Bertz CT molecular complexity index is 718. The smallest absolute Gasteiger partial charge is 0.139 e. The van der Waals surface area contributed by atoms with Gasteiger partial charge in [0.05, 0.1) is 11.6 Å². The zero-order chi connectivity index (χ0) is 16.6. The van der Waals surface area contributed by atoms with E-state index in [9.17, 15) is 5.11 Å². The Labute approximate surface area is 147 Å². The number of piperidine rings is 1. The highest BCUT2D eigenvalue weighted by molar-refractivity contribution is 7.98. The van der Waals surface area contributed by atoms with E-state index in [4.69, 9.17) is 0 Å². The molecule has 1 aromatic carbocycles. The first-order chi connectivity index (χ1) is 11.7. The van der Waals surface area contributed by atoms with Crippen molar-refractivity contribution in [3.05, 3.63) is 24.5 Å². The molecular weight excluding hydrogens is 318 g/mol. The molecule has 0 bridgehead atoms. The molecule has 1 saturated carbocycles. The van der Waals surface area contributed by atoms with Crippen molar-refractivity contribution in [2.45, 2.75) is 49.5 Å². The van der Waals surface area contributed by atoms with E-state index in [1.807, 2.05) is 0 Å². The fraction of sp³-hybridized carbons (Fsp3) is 0.579. The molecule has 5 heteroatoms. The van der Waals surface area contributed by atoms with Gasteiger partial charge in [0.1, 0.15) is 12.1 Å². The Kier molecular flexibility index (Phi) is 4.39. The molecule has 1 saturated heterocycles. The van der Waals surface area contributed by atoms with E-state index in [1.165, 1.54) is 36.0 Å². The molecule has 0 atom stereocenters. The second kappa shape index (κ2) is 6.52. The Morgan fingerprint density at radius 1 is 1.12 bits per heavy atom. The summed E-state index contributed by atoms with van der Waals surface area (Å²) in [6.07, 6.45) is 10.5. The molecule has 0 radical (unpaired) electrons. The van der Waals surface area contributed by atoms with E-state index >= 15 is 0 Å². The molecule has 1 aromatic heterocycles. The van der Waals surface area contributed by atoms with Gasteiger partial charge in [0, 0.05) is 23.4 Å². The number of anilines is 1. The first-order valence-electron chi connectivity index (χ1n) is 8.91. The molecular formula is C19H25N3OS. The van der Waals surface area contributed by atoms with Crippen molar-refractivity contribution in [3.8, 4) is 0 Å². The van der Waals surface area contributed by atoms with Crippen molar-refractivity contribution in [1.82, 2.24) is 9.97 Å². The molecule has 1 N–H and O–H groups in total. The van der Waals surface area contributed by atoms with Crippen molar-refractivity contribution in [2.75, 3.05) is 24.2 Å². The van der Waals surface area contributed by atoms with Crippen LogP contribution in [-0.2, 0) is 0 Å². The van der Waals surface area contributed by atoms with Crippen molar-refractivity contribution < 1.29 is 5.11 Å². The predicted molar refractivity (Wildman–Crippen MR) is 99.7 cm³/mol. The lowest BCUT2D eigenvalue weighted by Crippen LogP contribution is -2.43. The minimum Gasteiger partial charge on any atom is -0.393 e. The Hall–Kier alpha value is -1.33. The summed E-state index contributed by atoms with van der Waals surface area (Å²) >= 11 is 1.76. The maximum atomic E-state index is 9.79. The van der Waals surface area contributed by atoms with Gasteiger partial charge in [-0.3, -0.25) is 0 Å². The Morgan fingerprint density at radius 2 is 1.88 bits per heavy atom. The van der Waals surface area contributed by atoms with E-state index in [0.29, 0.717) is 5.41 Å². The summed E-state index contributed by atoms with van der Waals surface area (Å²) in [5, 5.41) is 11.0. The zero-order valence-corrected chi connectivity index (χ0v) is 15.1. The first kappa shape index (κ1) is 16.2. The quantitative estimate of drug-likeness (QED) is 0.839. The van der Waals surface area contributed by atoms with E-state index in [1.54, 1.807) is 18.1 Å². The fourth-order valence-electron chi connectivity index (χ4n) is 4.31. The average molecular weight is 343 g/mol. The largest absolute Gasteiger partial charge is 0.393 e. The summed E-state index contributed by atoms with van der Waals surface area (Å²) in [7, 11) is 0. The third kappa shape index (κ3) is 3.00. The van der Waals surface area contributed by atoms with E-state index < -0.39 is 0 Å². The number of benzene rings is 1. The molecule has 1 spiro atoms. The fourth-order valence-corrected chi connectivity index (χ4v) is 4.75. The third-order valence-electron chi connectivity index (χ3n) is 5.96. The SMILES string of the molecule is CSc1ccc2ncnc(N3CCC4(CCC(O)CC4)CC3)c2c1. The molecule has 2 heterocycles. The number of thioether (sulfide) groups is 1. The van der Waals surface area contributed by atoms with Crippen LogP contribution in [-0.4, -0.2) is 40.5 Å². The van der Waals surface area contributed by atoms with Crippen LogP contribution in [0.2, 0.25) is 0 Å². The summed E-state index contributed by atoms with van der Waals surface area (Å²) in [4.78, 5) is 12.7. The van der Waals surface area contributed by atoms with Crippen LogP contribution in [0.4, 0.5) is 5.82 Å². The van der Waals surface area contributed by atoms with Gasteiger partial charge < -0.3 is 10.0 Å². The molecule has 1 aliphatic carbocycles. The molecule has 1 aliphatic heterocycles. The summed E-state index contributed by atoms with van der Waals surface area (Å²) in [6.45, 7) is 2.12. The first-order valence-corrected chi connectivity index (χ1v) is 10.1. The van der Waals surface area contributed by atoms with Gasteiger partial charge in [-0.2, -0.15) is 0 Å². The highest BCUT2D eigenvalue weighted by atomic mass is 32.2. The minimum atomic E-state index is -0.0653. The van der Waals surface area contributed by atoms with Gasteiger partial charge in [-0.1, -0.05) is 0 Å². The number of hydrogen-bond acceptors (Lipinski definition) is 5. The molecule has 128 valence electrons. The molecule has 4 nitrogen and oxygen atoms in total. The van der Waals surface area contributed by atoms with Crippen LogP contribution in [0.5, 0.6) is 0 Å². The van der Waals surface area contributed by atoms with E-state index in [0.717, 1.165) is 37.3 Å². The molecule has 0 unspecified atom stereocenters. The molecule has 2 fully saturated rings. The number of hydrogen-bond donors (Lipinski definition) is 1. The molecule has 2 aromatic rings. The van der Waals surface area contributed by atoms with Gasteiger partial charge in [0.25, 0.3) is 0 Å². The molecule has 4 rings (SSSR count). The Balaban J connectivity index is 1.56. The summed E-state index contributed by atoms with van der Waals surface area (Å²) < 4.78 is 0. The van der Waals surface area contributed by atoms with Crippen molar-refractivity contribution in [2.24, 2.45) is 5.41 Å². The van der Waals surface area contributed by atoms with Gasteiger partial charge >= 0.3 is 0 Å². The van der Waals surface area contributed by atoms with Gasteiger partial charge in [0.15, 0.2) is 0 Å². The maximum Gasteiger partial charge on any atom is 0.139 e. The predicted octanol–water partition coefficient (Wildman–Crippen LogP) is 3.87. The summed E-state index contributed by atoms with van der Waals surface area (Å²) in [6, 6.07) is 6.44. The van der Waals surface area contributed by atoms with Crippen molar-refractivity contribution >= 4 is 28.5 Å². The van der Waals surface area contributed by atoms with Crippen LogP contribution in [0.25, 0.3) is 10.9 Å². The van der Waals surface area contributed by atoms with Crippen LogP contribution in [0.1, 0.15) is 38.5 Å². The topological polar surface area (TPSA) is 49.2 Å². The minimum absolute atomic E-state index is 0.0653. The van der Waals surface area contributed by atoms with Crippen LogP contribution in [0, 0.1) is 5.41 Å². The normalized spacial score (nSPS) is 21.5. The van der Waals surface area contributed by atoms with Gasteiger partial charge in [0.2, 0.25) is 0 Å². The molecule has 0 amide bonds. The molecule has 24 heavy (non-hydrogen) atoms. The van der Waals surface area contributed by atoms with Gasteiger partial charge in [-0.25, -0.2) is 9.97 Å². The highest BCUT2D eigenvalue weighted by Gasteiger charge is 2.38. The number of aliphatic hydroxyl groups excluding tert-OH is 1. The average Bonchev–Trinajstić information content (AvgIpc) is 2.64. The van der Waals surface area contributed by atoms with Crippen LogP contribution in [0.3, 0.4) is 0 Å². The number of aliphatic hydroxyl groups is 1. The zero-order valence-electron chi connectivity index (χ0n) is 14.2. The van der Waals surface area contributed by atoms with Crippen LogP contribution in [0.15, 0.2) is 29.4 Å². The lowest BCUT2D eigenvalue weighted by molar-refractivity contribution is 0.0478. The van der Waals surface area contributed by atoms with E-state index in [-0.39, 0.29) is 6.10 Å². The second-order valence-corrected chi connectivity index (χ2v) is 8.18. The third-order valence-corrected chi connectivity index (χ3v) is 6.69. The molecule has 2 aliphatic rings. The van der Waals surface area contributed by atoms with Crippen LogP contribution >= 0.6 is 11.8 Å². The standard InChI is InChI=1S/C19H25N3OS/c1-24-15-2-3-17-16(12-15)18(21-13-20-17)22-10-8-19(9-11-22)6-4-14(23)5-7-19/h2-3,12-14,23H,4-11H2,1H3. The number of fused-ring (bicyclic) bond motifs is 1. The monoisotopic (exact) mass is 343 g/mol. The van der Waals surface area contributed by atoms with Crippen molar-refractivity contribution in [3.63, 3.8) is 0 Å². The number of aromatic nitrogens is 2. The summed E-state index contributed by atoms with van der Waals surface area (Å²) in [5.74, 6) is 1.08. The van der Waals surface area contributed by atoms with Crippen LogP contribution < -0.4 is 4.90 Å². The van der Waals surface area contributed by atoms with Gasteiger partial charge in [-0.15, -0.1) is 11.8 Å². The number of nitrogens with zero attached hydrogens (tertiary/aromatic N) is 3. The maximum absolute atomic E-state index is 9.79.